The standard InChI is InChI=1S/C22H28ClN5O4S2/c1-4-34(30,31)22-24-12-17(21(29)25-15-7-9-27(10-8-15)14(2)3)28(22)13-16-11-18(32-26-16)19-5-6-20(23)33-19/h5-6,11-12,14-15H,4,7-10,13H2,1-3H3,(H,25,29). The number of aromatic nitrogens is 3. The Morgan fingerprint density at radius 2 is 2.06 bits per heavy atom. The number of halogens is 1. The summed E-state index contributed by atoms with van der Waals surface area (Å²) < 4.78 is 32.8. The molecule has 9 nitrogen and oxygen atoms in total. The molecule has 1 N–H and O–H groups in total. The lowest BCUT2D eigenvalue weighted by Gasteiger charge is -2.34. The SMILES string of the molecule is CCS(=O)(=O)c1ncc(C(=O)NC2CCN(C(C)C)CC2)n1Cc1cc(-c2ccc(Cl)s2)on1. The van der Waals surface area contributed by atoms with Gasteiger partial charge in [-0.3, -0.25) is 4.79 Å². The second-order valence-corrected chi connectivity index (χ2v) is 12.5. The third-order valence-electron chi connectivity index (χ3n) is 6.00. The maximum atomic E-state index is 13.2. The topological polar surface area (TPSA) is 110 Å². The van der Waals surface area contributed by atoms with Crippen molar-refractivity contribution in [2.24, 2.45) is 0 Å². The molecule has 3 aromatic heterocycles. The Kier molecular flexibility index (Phi) is 7.46. The number of likely N-dealkylation sites (tertiary alicyclic amines) is 1. The molecule has 1 aliphatic rings. The van der Waals surface area contributed by atoms with E-state index in [0.717, 1.165) is 30.8 Å². The molecule has 0 spiro atoms. The lowest BCUT2D eigenvalue weighted by Crippen LogP contribution is -2.47. The molecule has 4 heterocycles. The Morgan fingerprint density at radius 1 is 1.32 bits per heavy atom. The molecule has 4 rings (SSSR count). The van der Waals surface area contributed by atoms with Gasteiger partial charge in [-0.05, 0) is 38.8 Å². The van der Waals surface area contributed by atoms with Crippen LogP contribution in [0.4, 0.5) is 0 Å². The third kappa shape index (κ3) is 5.37. The number of imidazole rings is 1. The van der Waals surface area contributed by atoms with Crippen molar-refractivity contribution in [2.45, 2.75) is 57.4 Å². The molecule has 1 saturated heterocycles. The van der Waals surface area contributed by atoms with Crippen LogP contribution in [-0.4, -0.2) is 64.9 Å². The molecule has 0 unspecified atom stereocenters. The van der Waals surface area contributed by atoms with Gasteiger partial charge < -0.3 is 19.3 Å². The van der Waals surface area contributed by atoms with Crippen LogP contribution in [0.5, 0.6) is 0 Å². The summed E-state index contributed by atoms with van der Waals surface area (Å²) in [6.45, 7) is 7.72. The number of nitrogens with zero attached hydrogens (tertiary/aromatic N) is 4. The Hall–Kier alpha value is -2.21. The van der Waals surface area contributed by atoms with Crippen LogP contribution in [0.1, 0.15) is 49.8 Å². The fourth-order valence-corrected chi connectivity index (χ4v) is 5.96. The predicted octanol–water partition coefficient (Wildman–Crippen LogP) is 3.70. The maximum Gasteiger partial charge on any atom is 0.269 e. The van der Waals surface area contributed by atoms with Gasteiger partial charge in [-0.1, -0.05) is 23.7 Å². The van der Waals surface area contributed by atoms with Crippen LogP contribution in [0.2, 0.25) is 4.34 Å². The molecule has 1 fully saturated rings. The van der Waals surface area contributed by atoms with Crippen molar-refractivity contribution in [3.8, 4) is 10.6 Å². The summed E-state index contributed by atoms with van der Waals surface area (Å²) in [4.78, 5) is 20.4. The smallest absolute Gasteiger partial charge is 0.269 e. The molecule has 184 valence electrons. The average Bonchev–Trinajstić information content (AvgIpc) is 3.54. The van der Waals surface area contributed by atoms with Crippen molar-refractivity contribution in [3.05, 3.63) is 40.1 Å². The summed E-state index contributed by atoms with van der Waals surface area (Å²) in [6.07, 6.45) is 3.00. The van der Waals surface area contributed by atoms with Crippen LogP contribution in [-0.2, 0) is 16.4 Å². The number of hydrogen-bond acceptors (Lipinski definition) is 8. The zero-order chi connectivity index (χ0) is 24.5. The highest BCUT2D eigenvalue weighted by molar-refractivity contribution is 7.91. The number of rotatable bonds is 8. The normalized spacial score (nSPS) is 15.8. The lowest BCUT2D eigenvalue weighted by molar-refractivity contribution is 0.0891. The number of sulfone groups is 1. The summed E-state index contributed by atoms with van der Waals surface area (Å²) in [5, 5.41) is 6.98. The Bertz CT molecular complexity index is 1260. The van der Waals surface area contributed by atoms with Gasteiger partial charge in [-0.25, -0.2) is 13.4 Å². The molecule has 0 aromatic carbocycles. The number of nitrogens with one attached hydrogen (secondary N) is 1. The van der Waals surface area contributed by atoms with Gasteiger partial charge in [0, 0.05) is 31.2 Å². The maximum absolute atomic E-state index is 13.2. The van der Waals surface area contributed by atoms with Crippen LogP contribution >= 0.6 is 22.9 Å². The lowest BCUT2D eigenvalue weighted by atomic mass is 10.0. The van der Waals surface area contributed by atoms with Crippen LogP contribution in [0.15, 0.2) is 34.1 Å². The van der Waals surface area contributed by atoms with E-state index in [2.05, 4.69) is 34.2 Å². The molecular weight excluding hydrogens is 498 g/mol. The molecule has 34 heavy (non-hydrogen) atoms. The molecule has 1 amide bonds. The van der Waals surface area contributed by atoms with Crippen LogP contribution in [0.25, 0.3) is 10.6 Å². The Balaban J connectivity index is 1.57. The molecular formula is C22H28ClN5O4S2. The molecule has 12 heteroatoms. The molecule has 0 aliphatic carbocycles. The van der Waals surface area contributed by atoms with Gasteiger partial charge in [0.25, 0.3) is 5.91 Å². The molecule has 0 radical (unpaired) electrons. The fourth-order valence-electron chi connectivity index (χ4n) is 4.00. The second kappa shape index (κ2) is 10.2. The number of carbonyl (C=O) groups excluding carboxylic acids is 1. The van der Waals surface area contributed by atoms with Gasteiger partial charge in [0.15, 0.2) is 5.76 Å². The summed E-state index contributed by atoms with van der Waals surface area (Å²) >= 11 is 7.36. The van der Waals surface area contributed by atoms with Crippen LogP contribution < -0.4 is 5.32 Å². The van der Waals surface area contributed by atoms with E-state index in [0.29, 0.717) is 21.8 Å². The number of amides is 1. The van der Waals surface area contributed by atoms with E-state index in [1.54, 1.807) is 19.1 Å². The van der Waals surface area contributed by atoms with Crippen LogP contribution in [0.3, 0.4) is 0 Å². The monoisotopic (exact) mass is 525 g/mol. The van der Waals surface area contributed by atoms with Gasteiger partial charge in [0.2, 0.25) is 15.0 Å². The molecule has 1 aliphatic heterocycles. The zero-order valence-electron chi connectivity index (χ0n) is 19.3. The minimum atomic E-state index is -3.66. The van der Waals surface area contributed by atoms with E-state index in [1.807, 2.05) is 6.07 Å². The van der Waals surface area contributed by atoms with E-state index in [4.69, 9.17) is 16.1 Å². The van der Waals surface area contributed by atoms with Gasteiger partial charge in [-0.2, -0.15) is 0 Å². The Morgan fingerprint density at radius 3 is 2.68 bits per heavy atom. The molecule has 0 atom stereocenters. The van der Waals surface area contributed by atoms with Gasteiger partial charge >= 0.3 is 0 Å². The van der Waals surface area contributed by atoms with Crippen molar-refractivity contribution in [1.29, 1.82) is 0 Å². The third-order valence-corrected chi connectivity index (χ3v) is 8.89. The highest BCUT2D eigenvalue weighted by Gasteiger charge is 2.28. The highest BCUT2D eigenvalue weighted by atomic mass is 35.5. The summed E-state index contributed by atoms with van der Waals surface area (Å²) in [6, 6.07) is 5.80. The molecule has 0 saturated carbocycles. The van der Waals surface area contributed by atoms with E-state index in [9.17, 15) is 13.2 Å². The van der Waals surface area contributed by atoms with E-state index in [1.165, 1.54) is 22.1 Å². The first kappa shape index (κ1) is 24.9. The summed E-state index contributed by atoms with van der Waals surface area (Å²) in [7, 11) is -3.66. The number of thiophene rings is 1. The molecule has 0 bridgehead atoms. The first-order valence-electron chi connectivity index (χ1n) is 11.2. The first-order valence-corrected chi connectivity index (χ1v) is 14.1. The van der Waals surface area contributed by atoms with Crippen molar-refractivity contribution >= 4 is 38.7 Å². The highest BCUT2D eigenvalue weighted by Crippen LogP contribution is 2.31. The number of carbonyl (C=O) groups is 1. The molecule has 3 aromatic rings. The van der Waals surface area contributed by atoms with E-state index < -0.39 is 9.84 Å². The van der Waals surface area contributed by atoms with Crippen molar-refractivity contribution in [2.75, 3.05) is 18.8 Å². The first-order chi connectivity index (χ1) is 16.2. The van der Waals surface area contributed by atoms with Gasteiger partial charge in [-0.15, -0.1) is 11.3 Å². The number of piperidine rings is 1. The quantitative estimate of drug-likeness (QED) is 0.477. The summed E-state index contributed by atoms with van der Waals surface area (Å²) in [5.74, 6) is 0.0490. The van der Waals surface area contributed by atoms with Crippen LogP contribution in [0, 0.1) is 0 Å². The van der Waals surface area contributed by atoms with Crippen molar-refractivity contribution < 1.29 is 17.7 Å². The van der Waals surface area contributed by atoms with E-state index in [-0.39, 0.29) is 35.1 Å². The fraction of sp³-hybridized carbons (Fsp3) is 0.500. The second-order valence-electron chi connectivity index (χ2n) is 8.58. The Labute approximate surface area is 208 Å². The summed E-state index contributed by atoms with van der Waals surface area (Å²) in [5.41, 5.74) is 0.659. The largest absolute Gasteiger partial charge is 0.355 e. The average molecular weight is 526 g/mol. The minimum absolute atomic E-state index is 0.0271. The van der Waals surface area contributed by atoms with E-state index >= 15 is 0 Å². The van der Waals surface area contributed by atoms with Crippen molar-refractivity contribution in [1.82, 2.24) is 24.9 Å². The van der Waals surface area contributed by atoms with Gasteiger partial charge in [0.05, 0.1) is 27.7 Å². The van der Waals surface area contributed by atoms with Crippen molar-refractivity contribution in [3.63, 3.8) is 0 Å². The minimum Gasteiger partial charge on any atom is -0.355 e. The van der Waals surface area contributed by atoms with Gasteiger partial charge in [0.1, 0.15) is 11.4 Å². The number of hydrogen-bond donors (Lipinski definition) is 1. The zero-order valence-corrected chi connectivity index (χ0v) is 21.7. The predicted molar refractivity (Wildman–Crippen MR) is 131 cm³/mol.